The molecule has 3 rings (SSSR count). The van der Waals surface area contributed by atoms with Crippen molar-refractivity contribution in [3.05, 3.63) is 70.3 Å². The summed E-state index contributed by atoms with van der Waals surface area (Å²) in [6, 6.07) is 15.3. The van der Waals surface area contributed by atoms with E-state index in [4.69, 9.17) is 5.26 Å². The molecule has 3 aromatic rings. The van der Waals surface area contributed by atoms with Gasteiger partial charge >= 0.3 is 5.69 Å². The summed E-state index contributed by atoms with van der Waals surface area (Å²) < 4.78 is 3.08. The number of hydrogen-bond donors (Lipinski definition) is 0. The van der Waals surface area contributed by atoms with E-state index in [1.807, 2.05) is 42.5 Å². The summed E-state index contributed by atoms with van der Waals surface area (Å²) in [6.45, 7) is 5.18. The van der Waals surface area contributed by atoms with Crippen LogP contribution in [0.5, 0.6) is 0 Å². The van der Waals surface area contributed by atoms with Gasteiger partial charge in [-0.15, -0.1) is 5.10 Å². The van der Waals surface area contributed by atoms with Gasteiger partial charge in [0, 0.05) is 19.3 Å². The number of benzene rings is 1. The van der Waals surface area contributed by atoms with Crippen LogP contribution in [-0.4, -0.2) is 32.2 Å². The molecule has 0 bridgehead atoms. The highest BCUT2D eigenvalue weighted by molar-refractivity contribution is 5.35. The van der Waals surface area contributed by atoms with Crippen LogP contribution in [0.3, 0.4) is 0 Å². The molecule has 0 N–H and O–H groups in total. The van der Waals surface area contributed by atoms with Crippen LogP contribution < -0.4 is 5.69 Å². The maximum atomic E-state index is 12.3. The van der Waals surface area contributed by atoms with Crippen molar-refractivity contribution >= 4 is 5.65 Å². The molecular weight excluding hydrogens is 314 g/mol. The highest BCUT2D eigenvalue weighted by atomic mass is 16.2. The lowest BCUT2D eigenvalue weighted by Crippen LogP contribution is -2.31. The number of fused-ring (bicyclic) bond motifs is 1. The van der Waals surface area contributed by atoms with Crippen molar-refractivity contribution in [2.45, 2.75) is 26.4 Å². The SMILES string of the molecule is CCCN(CCn1nc2ccccn2c1=O)Cc1ccc(C#N)cc1. The molecule has 0 aliphatic heterocycles. The van der Waals surface area contributed by atoms with Gasteiger partial charge < -0.3 is 0 Å². The van der Waals surface area contributed by atoms with Crippen molar-refractivity contribution < 1.29 is 0 Å². The maximum Gasteiger partial charge on any atom is 0.350 e. The summed E-state index contributed by atoms with van der Waals surface area (Å²) in [6.07, 6.45) is 2.78. The zero-order chi connectivity index (χ0) is 17.6. The summed E-state index contributed by atoms with van der Waals surface area (Å²) in [5.74, 6) is 0. The van der Waals surface area contributed by atoms with Gasteiger partial charge in [0.25, 0.3) is 0 Å². The van der Waals surface area contributed by atoms with Crippen LogP contribution in [0.1, 0.15) is 24.5 Å². The van der Waals surface area contributed by atoms with Crippen LogP contribution in [0.2, 0.25) is 0 Å². The van der Waals surface area contributed by atoms with Crippen LogP contribution in [0.15, 0.2) is 53.5 Å². The summed E-state index contributed by atoms with van der Waals surface area (Å²) in [5, 5.41) is 13.3. The first-order valence-electron chi connectivity index (χ1n) is 8.47. The van der Waals surface area contributed by atoms with Gasteiger partial charge in [0.15, 0.2) is 5.65 Å². The Balaban J connectivity index is 1.69. The molecule has 1 aromatic carbocycles. The third-order valence-corrected chi connectivity index (χ3v) is 4.15. The van der Waals surface area contributed by atoms with E-state index < -0.39 is 0 Å². The van der Waals surface area contributed by atoms with E-state index in [9.17, 15) is 4.79 Å². The third-order valence-electron chi connectivity index (χ3n) is 4.15. The minimum Gasteiger partial charge on any atom is -0.297 e. The third kappa shape index (κ3) is 3.95. The van der Waals surface area contributed by atoms with E-state index in [1.165, 1.54) is 4.68 Å². The molecule has 0 unspecified atom stereocenters. The van der Waals surface area contributed by atoms with Crippen molar-refractivity contribution in [3.8, 4) is 6.07 Å². The van der Waals surface area contributed by atoms with Crippen LogP contribution in [0.4, 0.5) is 0 Å². The van der Waals surface area contributed by atoms with E-state index >= 15 is 0 Å². The Hall–Kier alpha value is -2.91. The molecule has 0 saturated carbocycles. The van der Waals surface area contributed by atoms with Gasteiger partial charge in [0.2, 0.25) is 0 Å². The molecule has 0 fully saturated rings. The minimum absolute atomic E-state index is 0.106. The van der Waals surface area contributed by atoms with Gasteiger partial charge in [-0.2, -0.15) is 5.26 Å². The highest BCUT2D eigenvalue weighted by Gasteiger charge is 2.09. The molecule has 0 saturated heterocycles. The average Bonchev–Trinajstić information content (AvgIpc) is 2.97. The largest absolute Gasteiger partial charge is 0.350 e. The first kappa shape index (κ1) is 16.9. The fourth-order valence-corrected chi connectivity index (χ4v) is 2.88. The second kappa shape index (κ2) is 7.77. The molecule has 0 aliphatic carbocycles. The first-order chi connectivity index (χ1) is 12.2. The normalized spacial score (nSPS) is 11.1. The number of nitriles is 1. The Labute approximate surface area is 146 Å². The Morgan fingerprint density at radius 1 is 1.16 bits per heavy atom. The summed E-state index contributed by atoms with van der Waals surface area (Å²) in [7, 11) is 0. The molecule has 25 heavy (non-hydrogen) atoms. The number of rotatable bonds is 7. The van der Waals surface area contributed by atoms with E-state index in [2.05, 4.69) is 23.0 Å². The highest BCUT2D eigenvalue weighted by Crippen LogP contribution is 2.08. The van der Waals surface area contributed by atoms with Crippen LogP contribution >= 0.6 is 0 Å². The second-order valence-electron chi connectivity index (χ2n) is 6.02. The second-order valence-corrected chi connectivity index (χ2v) is 6.02. The van der Waals surface area contributed by atoms with E-state index in [0.29, 0.717) is 17.8 Å². The van der Waals surface area contributed by atoms with Crippen LogP contribution in [0, 0.1) is 11.3 Å². The molecule has 0 spiro atoms. The van der Waals surface area contributed by atoms with E-state index in [-0.39, 0.29) is 5.69 Å². The Kier molecular flexibility index (Phi) is 5.26. The van der Waals surface area contributed by atoms with Gasteiger partial charge in [0.05, 0.1) is 18.2 Å². The monoisotopic (exact) mass is 335 g/mol. The van der Waals surface area contributed by atoms with Crippen molar-refractivity contribution in [2.75, 3.05) is 13.1 Å². The lowest BCUT2D eigenvalue weighted by molar-refractivity contribution is 0.249. The fraction of sp³-hybridized carbons (Fsp3) is 0.316. The predicted molar refractivity (Wildman–Crippen MR) is 96.2 cm³/mol. The molecule has 0 amide bonds. The summed E-state index contributed by atoms with van der Waals surface area (Å²) in [4.78, 5) is 14.6. The topological polar surface area (TPSA) is 66.3 Å². The molecule has 0 radical (unpaired) electrons. The number of pyridine rings is 1. The van der Waals surface area contributed by atoms with Gasteiger partial charge in [0.1, 0.15) is 0 Å². The smallest absolute Gasteiger partial charge is 0.297 e. The van der Waals surface area contributed by atoms with Gasteiger partial charge in [-0.05, 0) is 42.8 Å². The zero-order valence-corrected chi connectivity index (χ0v) is 14.3. The number of aromatic nitrogens is 3. The molecule has 128 valence electrons. The standard InChI is InChI=1S/C19H21N5O/c1-2-10-22(15-17-8-6-16(14-20)7-9-17)12-13-24-19(25)23-11-4-3-5-18(23)21-24/h3-9,11H,2,10,12-13,15H2,1H3. The summed E-state index contributed by atoms with van der Waals surface area (Å²) >= 11 is 0. The molecule has 0 aliphatic rings. The Morgan fingerprint density at radius 2 is 1.96 bits per heavy atom. The summed E-state index contributed by atoms with van der Waals surface area (Å²) in [5.41, 5.74) is 2.39. The zero-order valence-electron chi connectivity index (χ0n) is 14.3. The Bertz CT molecular complexity index is 933. The van der Waals surface area contributed by atoms with Crippen molar-refractivity contribution in [2.24, 2.45) is 0 Å². The fourth-order valence-electron chi connectivity index (χ4n) is 2.88. The lowest BCUT2D eigenvalue weighted by atomic mass is 10.1. The molecule has 6 heteroatoms. The van der Waals surface area contributed by atoms with Gasteiger partial charge in [-0.1, -0.05) is 25.1 Å². The molecular formula is C19H21N5O. The first-order valence-corrected chi connectivity index (χ1v) is 8.47. The average molecular weight is 335 g/mol. The number of hydrogen-bond acceptors (Lipinski definition) is 4. The van der Waals surface area contributed by atoms with Crippen molar-refractivity contribution in [1.82, 2.24) is 19.1 Å². The Morgan fingerprint density at radius 3 is 2.64 bits per heavy atom. The van der Waals surface area contributed by atoms with E-state index in [1.54, 1.807) is 10.6 Å². The van der Waals surface area contributed by atoms with Gasteiger partial charge in [-0.3, -0.25) is 9.30 Å². The van der Waals surface area contributed by atoms with Crippen molar-refractivity contribution in [1.29, 1.82) is 5.26 Å². The van der Waals surface area contributed by atoms with Crippen LogP contribution in [-0.2, 0) is 13.1 Å². The molecule has 2 aromatic heterocycles. The van der Waals surface area contributed by atoms with E-state index in [0.717, 1.165) is 31.6 Å². The molecule has 2 heterocycles. The molecule has 6 nitrogen and oxygen atoms in total. The van der Waals surface area contributed by atoms with Gasteiger partial charge in [-0.25, -0.2) is 9.48 Å². The quantitative estimate of drug-likeness (QED) is 0.664. The predicted octanol–water partition coefficient (Wildman–Crippen LogP) is 2.28. The number of nitrogens with zero attached hydrogens (tertiary/aromatic N) is 5. The van der Waals surface area contributed by atoms with Crippen LogP contribution in [0.25, 0.3) is 5.65 Å². The lowest BCUT2D eigenvalue weighted by Gasteiger charge is -2.21. The molecule has 0 atom stereocenters. The maximum absolute atomic E-state index is 12.3. The van der Waals surface area contributed by atoms with Crippen molar-refractivity contribution in [3.63, 3.8) is 0 Å². The minimum atomic E-state index is -0.106.